The lowest BCUT2D eigenvalue weighted by Gasteiger charge is -2.28. The predicted molar refractivity (Wildman–Crippen MR) is 56.7 cm³/mol. The third-order valence-electron chi connectivity index (χ3n) is 2.35. The van der Waals surface area contributed by atoms with E-state index >= 15 is 0 Å². The molecule has 0 aromatic carbocycles. The molecule has 76 valence electrons. The van der Waals surface area contributed by atoms with Crippen LogP contribution in [0.4, 0.5) is 11.6 Å². The summed E-state index contributed by atoms with van der Waals surface area (Å²) in [6, 6.07) is 1.98. The van der Waals surface area contributed by atoms with Gasteiger partial charge in [0.05, 0.1) is 0 Å². The van der Waals surface area contributed by atoms with E-state index in [9.17, 15) is 0 Å². The van der Waals surface area contributed by atoms with Crippen LogP contribution in [0.15, 0.2) is 12.4 Å². The highest BCUT2D eigenvalue weighted by atomic mass is 15.2. The normalized spacial score (nSPS) is 16.8. The van der Waals surface area contributed by atoms with Gasteiger partial charge in [-0.1, -0.05) is 0 Å². The maximum Gasteiger partial charge on any atom is 0.134 e. The maximum atomic E-state index is 4.26. The molecule has 2 rings (SSSR count). The summed E-state index contributed by atoms with van der Waals surface area (Å²) in [6.45, 7) is 4.08. The van der Waals surface area contributed by atoms with Crippen LogP contribution in [0, 0.1) is 0 Å². The molecular formula is C9H15N5. The Morgan fingerprint density at radius 1 is 1.36 bits per heavy atom. The second-order valence-electron chi connectivity index (χ2n) is 3.25. The monoisotopic (exact) mass is 193 g/mol. The number of nitrogens with zero attached hydrogens (tertiary/aromatic N) is 3. The van der Waals surface area contributed by atoms with E-state index in [2.05, 4.69) is 25.5 Å². The van der Waals surface area contributed by atoms with E-state index < -0.39 is 0 Å². The van der Waals surface area contributed by atoms with Crippen molar-refractivity contribution in [2.75, 3.05) is 43.4 Å². The van der Waals surface area contributed by atoms with Gasteiger partial charge in [0, 0.05) is 39.3 Å². The number of piperazine rings is 1. The van der Waals surface area contributed by atoms with Crippen molar-refractivity contribution in [2.24, 2.45) is 0 Å². The topological polar surface area (TPSA) is 53.1 Å². The van der Waals surface area contributed by atoms with Crippen LogP contribution >= 0.6 is 0 Å². The van der Waals surface area contributed by atoms with Crippen LogP contribution in [0.2, 0.25) is 0 Å². The zero-order valence-corrected chi connectivity index (χ0v) is 8.32. The van der Waals surface area contributed by atoms with Crippen LogP contribution in [-0.4, -0.2) is 43.2 Å². The molecule has 5 nitrogen and oxygen atoms in total. The van der Waals surface area contributed by atoms with Crippen molar-refractivity contribution in [1.29, 1.82) is 0 Å². The van der Waals surface area contributed by atoms with Gasteiger partial charge in [-0.2, -0.15) is 0 Å². The van der Waals surface area contributed by atoms with Crippen molar-refractivity contribution < 1.29 is 0 Å². The van der Waals surface area contributed by atoms with E-state index in [1.54, 1.807) is 6.33 Å². The molecule has 14 heavy (non-hydrogen) atoms. The summed E-state index contributed by atoms with van der Waals surface area (Å²) in [4.78, 5) is 10.6. The van der Waals surface area contributed by atoms with Crippen molar-refractivity contribution in [2.45, 2.75) is 0 Å². The number of hydrogen-bond donors (Lipinski definition) is 2. The van der Waals surface area contributed by atoms with Gasteiger partial charge >= 0.3 is 0 Å². The molecule has 0 saturated carbocycles. The Morgan fingerprint density at radius 2 is 2.14 bits per heavy atom. The first-order valence-corrected chi connectivity index (χ1v) is 4.85. The summed E-state index contributed by atoms with van der Waals surface area (Å²) < 4.78 is 0. The van der Waals surface area contributed by atoms with Crippen molar-refractivity contribution in [1.82, 2.24) is 15.3 Å². The lowest BCUT2D eigenvalue weighted by Crippen LogP contribution is -2.43. The minimum atomic E-state index is 0.869. The highest BCUT2D eigenvalue weighted by Gasteiger charge is 2.11. The molecule has 0 spiro atoms. The Kier molecular flexibility index (Phi) is 2.78. The summed E-state index contributed by atoms with van der Waals surface area (Å²) >= 11 is 0. The van der Waals surface area contributed by atoms with E-state index in [4.69, 9.17) is 0 Å². The molecule has 0 unspecified atom stereocenters. The van der Waals surface area contributed by atoms with Crippen LogP contribution in [0.25, 0.3) is 0 Å². The minimum Gasteiger partial charge on any atom is -0.373 e. The van der Waals surface area contributed by atoms with Gasteiger partial charge < -0.3 is 15.5 Å². The molecular weight excluding hydrogens is 178 g/mol. The molecule has 1 fully saturated rings. The van der Waals surface area contributed by atoms with Gasteiger partial charge in [-0.25, -0.2) is 9.97 Å². The van der Waals surface area contributed by atoms with Crippen LogP contribution in [-0.2, 0) is 0 Å². The Hall–Kier alpha value is -1.36. The smallest absolute Gasteiger partial charge is 0.134 e. The summed E-state index contributed by atoms with van der Waals surface area (Å²) in [5, 5.41) is 6.33. The van der Waals surface area contributed by atoms with Gasteiger partial charge in [0.1, 0.15) is 18.0 Å². The largest absolute Gasteiger partial charge is 0.373 e. The van der Waals surface area contributed by atoms with Crippen LogP contribution < -0.4 is 15.5 Å². The van der Waals surface area contributed by atoms with Crippen molar-refractivity contribution in [3.8, 4) is 0 Å². The third-order valence-corrected chi connectivity index (χ3v) is 2.35. The fourth-order valence-electron chi connectivity index (χ4n) is 1.55. The number of rotatable bonds is 2. The molecule has 0 bridgehead atoms. The fraction of sp³-hybridized carbons (Fsp3) is 0.556. The first kappa shape index (κ1) is 9.21. The van der Waals surface area contributed by atoms with E-state index in [1.807, 2.05) is 13.1 Å². The van der Waals surface area contributed by atoms with Crippen LogP contribution in [0.1, 0.15) is 0 Å². The average molecular weight is 193 g/mol. The van der Waals surface area contributed by atoms with Gasteiger partial charge in [-0.3, -0.25) is 0 Å². The standard InChI is InChI=1S/C9H15N5/c1-10-8-6-9(13-7-12-8)14-4-2-11-3-5-14/h6-7,11H,2-5H2,1H3,(H,10,12,13). The first-order valence-electron chi connectivity index (χ1n) is 4.85. The van der Waals surface area contributed by atoms with Gasteiger partial charge in [0.25, 0.3) is 0 Å². The molecule has 0 aliphatic carbocycles. The number of hydrogen-bond acceptors (Lipinski definition) is 5. The highest BCUT2D eigenvalue weighted by Crippen LogP contribution is 2.13. The zero-order valence-electron chi connectivity index (χ0n) is 8.32. The predicted octanol–water partition coefficient (Wildman–Crippen LogP) is -0.0721. The fourth-order valence-corrected chi connectivity index (χ4v) is 1.55. The molecule has 5 heteroatoms. The van der Waals surface area contributed by atoms with E-state index in [0.29, 0.717) is 0 Å². The van der Waals surface area contributed by atoms with Crippen molar-refractivity contribution in [3.63, 3.8) is 0 Å². The summed E-state index contributed by atoms with van der Waals surface area (Å²) in [6.07, 6.45) is 1.60. The first-order chi connectivity index (χ1) is 6.90. The van der Waals surface area contributed by atoms with Gasteiger partial charge in [-0.05, 0) is 0 Å². The third kappa shape index (κ3) is 1.93. The molecule has 0 amide bonds. The number of anilines is 2. The van der Waals surface area contributed by atoms with Gasteiger partial charge in [0.15, 0.2) is 0 Å². The molecule has 1 aliphatic heterocycles. The highest BCUT2D eigenvalue weighted by molar-refractivity contribution is 5.48. The molecule has 0 radical (unpaired) electrons. The lowest BCUT2D eigenvalue weighted by atomic mass is 10.3. The molecule has 1 aliphatic rings. The molecule has 2 heterocycles. The summed E-state index contributed by atoms with van der Waals surface area (Å²) in [5.74, 6) is 1.87. The Bertz CT molecular complexity index is 295. The summed E-state index contributed by atoms with van der Waals surface area (Å²) in [7, 11) is 1.86. The quantitative estimate of drug-likeness (QED) is 0.688. The Labute approximate surface area is 83.5 Å². The number of aromatic nitrogens is 2. The number of nitrogens with one attached hydrogen (secondary N) is 2. The van der Waals surface area contributed by atoms with Crippen molar-refractivity contribution in [3.05, 3.63) is 12.4 Å². The second kappa shape index (κ2) is 4.23. The molecule has 1 saturated heterocycles. The zero-order chi connectivity index (χ0) is 9.80. The second-order valence-corrected chi connectivity index (χ2v) is 3.25. The van der Waals surface area contributed by atoms with E-state index in [-0.39, 0.29) is 0 Å². The molecule has 1 aromatic heterocycles. The van der Waals surface area contributed by atoms with Gasteiger partial charge in [0.2, 0.25) is 0 Å². The molecule has 1 aromatic rings. The Balaban J connectivity index is 2.13. The average Bonchev–Trinajstić information content (AvgIpc) is 2.30. The minimum absolute atomic E-state index is 0.869. The summed E-state index contributed by atoms with van der Waals surface area (Å²) in [5.41, 5.74) is 0. The van der Waals surface area contributed by atoms with E-state index in [0.717, 1.165) is 37.8 Å². The SMILES string of the molecule is CNc1cc(N2CCNCC2)ncn1. The molecule has 2 N–H and O–H groups in total. The lowest BCUT2D eigenvalue weighted by molar-refractivity contribution is 0.584. The van der Waals surface area contributed by atoms with E-state index in [1.165, 1.54) is 0 Å². The van der Waals surface area contributed by atoms with Crippen LogP contribution in [0.3, 0.4) is 0 Å². The Morgan fingerprint density at radius 3 is 2.86 bits per heavy atom. The molecule has 0 atom stereocenters. The maximum absolute atomic E-state index is 4.26. The van der Waals surface area contributed by atoms with Gasteiger partial charge in [-0.15, -0.1) is 0 Å². The van der Waals surface area contributed by atoms with Crippen molar-refractivity contribution >= 4 is 11.6 Å². The van der Waals surface area contributed by atoms with Crippen LogP contribution in [0.5, 0.6) is 0 Å².